The molecule has 0 aromatic carbocycles. The Balaban J connectivity index is -0.0000000326. The topological polar surface area (TPSA) is 152 Å². The number of hydrogen-bond donors (Lipinski definition) is 2. The van der Waals surface area contributed by atoms with Crippen LogP contribution >= 0.6 is 16.5 Å². The normalized spacial score (nSPS) is 8.00. The van der Waals surface area contributed by atoms with E-state index in [1.165, 1.54) is 0 Å². The van der Waals surface area contributed by atoms with E-state index >= 15 is 0 Å². The van der Waals surface area contributed by atoms with Crippen molar-refractivity contribution in [1.82, 2.24) is 0 Å². The fourth-order valence-corrected chi connectivity index (χ4v) is 0. The zero-order chi connectivity index (χ0) is 7.21. The van der Waals surface area contributed by atoms with Gasteiger partial charge in [0.05, 0.1) is 7.82 Å². The van der Waals surface area contributed by atoms with Crippen molar-refractivity contribution in [3.8, 4) is 0 Å². The van der Waals surface area contributed by atoms with E-state index in [-0.39, 0.29) is 43.2 Å². The molecule has 0 spiro atoms. The zero-order valence-electron chi connectivity index (χ0n) is 4.68. The largest absolute Gasteiger partial charge is 2.00 e. The fraction of sp³-hybridized carbons (Fsp3) is 0. The Kier molecular flexibility index (Phi) is 29.3. The van der Waals surface area contributed by atoms with E-state index in [1.807, 2.05) is 0 Å². The molecule has 1 atom stereocenters. The SMILES string of the molecule is O.O=P([O-])([O-])O.O=[PH+]O.[Ca+2]. The standard InChI is InChI=1S/Ca.H3O4P.HO2P.H2O/c;1-5(2,3)4;1-3-2;/h;(H3,1,2,3,4);3H;1H2/q+2;;;/p-1. The summed E-state index contributed by atoms with van der Waals surface area (Å²) in [6, 6.07) is 0. The molecule has 0 rings (SSSR count). The summed E-state index contributed by atoms with van der Waals surface area (Å²) in [5.74, 6) is 0. The quantitative estimate of drug-likeness (QED) is 0.318. The van der Waals surface area contributed by atoms with Crippen molar-refractivity contribution in [2.24, 2.45) is 0 Å². The minimum absolute atomic E-state index is 0. The van der Waals surface area contributed by atoms with Crippen molar-refractivity contribution < 1.29 is 34.2 Å². The van der Waals surface area contributed by atoms with Gasteiger partial charge in [0.25, 0.3) is 0 Å². The van der Waals surface area contributed by atoms with E-state index in [0.29, 0.717) is 0 Å². The van der Waals surface area contributed by atoms with Crippen molar-refractivity contribution in [2.45, 2.75) is 0 Å². The zero-order valence-corrected chi connectivity index (χ0v) is 8.78. The summed E-state index contributed by atoms with van der Waals surface area (Å²) in [7, 11) is -6.31. The van der Waals surface area contributed by atoms with Gasteiger partial charge in [0.2, 0.25) is 0 Å². The minimum atomic E-state index is -5.14. The summed E-state index contributed by atoms with van der Waals surface area (Å²) in [5, 5.41) is 0. The molecule has 0 saturated heterocycles. The number of phosphoric acid groups is 1. The van der Waals surface area contributed by atoms with Gasteiger partial charge in [-0.3, -0.25) is 0 Å². The van der Waals surface area contributed by atoms with Crippen LogP contribution in [-0.4, -0.2) is 53.0 Å². The van der Waals surface area contributed by atoms with Crippen LogP contribution in [0.2, 0.25) is 0 Å². The Morgan fingerprint density at radius 3 is 1.40 bits per heavy atom. The molecule has 0 aliphatic heterocycles. The average Bonchev–Trinajstić information content (AvgIpc) is 1.27. The smallest absolute Gasteiger partial charge is 0.790 e. The van der Waals surface area contributed by atoms with E-state index < -0.39 is 16.5 Å². The van der Waals surface area contributed by atoms with Gasteiger partial charge in [-0.25, -0.2) is 0 Å². The molecule has 0 aliphatic rings. The maximum absolute atomic E-state index is 8.66. The van der Waals surface area contributed by atoms with Crippen LogP contribution < -0.4 is 9.79 Å². The maximum atomic E-state index is 8.66. The van der Waals surface area contributed by atoms with E-state index in [0.717, 1.165) is 0 Å². The summed E-state index contributed by atoms with van der Waals surface area (Å²) in [6.45, 7) is 0. The predicted octanol–water partition coefficient (Wildman–Crippen LogP) is -3.48. The van der Waals surface area contributed by atoms with Gasteiger partial charge >= 0.3 is 46.4 Å². The van der Waals surface area contributed by atoms with Crippen LogP contribution in [0.4, 0.5) is 0 Å². The molecule has 0 aromatic rings. The number of hydrogen-bond acceptors (Lipinski definition) is 4. The first-order valence-electron chi connectivity index (χ1n) is 1.18. The molecule has 0 fully saturated rings. The summed E-state index contributed by atoms with van der Waals surface area (Å²) < 4.78 is 17.2. The molecule has 10 heavy (non-hydrogen) atoms. The Hall–Kier alpha value is 1.39. The van der Waals surface area contributed by atoms with Gasteiger partial charge in [-0.1, -0.05) is 0 Å². The monoisotopic (exact) mass is 219 g/mol. The molecular weight excluding hydrogens is 214 g/mol. The third-order valence-electron chi connectivity index (χ3n) is 0. The molecule has 0 bridgehead atoms. The Morgan fingerprint density at radius 2 is 1.40 bits per heavy atom. The van der Waals surface area contributed by atoms with Gasteiger partial charge < -0.3 is 24.7 Å². The van der Waals surface area contributed by atoms with Gasteiger partial charge in [-0.05, 0) is 4.57 Å². The van der Waals surface area contributed by atoms with Gasteiger partial charge in [-0.2, -0.15) is 4.89 Å². The van der Waals surface area contributed by atoms with Crippen molar-refractivity contribution in [1.29, 1.82) is 0 Å². The molecule has 4 N–H and O–H groups in total. The third-order valence-corrected chi connectivity index (χ3v) is 0. The molecule has 0 aliphatic carbocycles. The molecule has 0 amide bonds. The van der Waals surface area contributed by atoms with Crippen LogP contribution in [0.1, 0.15) is 0 Å². The van der Waals surface area contributed by atoms with Crippen LogP contribution in [0, 0.1) is 0 Å². The summed E-state index contributed by atoms with van der Waals surface area (Å²) in [4.78, 5) is 31.3. The van der Waals surface area contributed by atoms with E-state index in [1.54, 1.807) is 0 Å². The van der Waals surface area contributed by atoms with Crippen molar-refractivity contribution in [3.63, 3.8) is 0 Å². The fourth-order valence-electron chi connectivity index (χ4n) is 0. The molecule has 0 heterocycles. The summed E-state index contributed by atoms with van der Waals surface area (Å²) >= 11 is 0. The maximum Gasteiger partial charge on any atom is 2.00 e. The van der Waals surface area contributed by atoms with Gasteiger partial charge in [0.15, 0.2) is 0 Å². The first-order valence-corrected chi connectivity index (χ1v) is 3.53. The molecule has 1 unspecified atom stereocenters. The predicted molar refractivity (Wildman–Crippen MR) is 30.4 cm³/mol. The molecular formula is H5CaO7P2+. The van der Waals surface area contributed by atoms with Crippen molar-refractivity contribution >= 4 is 54.2 Å². The van der Waals surface area contributed by atoms with Gasteiger partial charge in [0, 0.05) is 0 Å². The second kappa shape index (κ2) is 13.0. The van der Waals surface area contributed by atoms with E-state index in [9.17, 15) is 0 Å². The van der Waals surface area contributed by atoms with Crippen molar-refractivity contribution in [2.75, 3.05) is 0 Å². The van der Waals surface area contributed by atoms with E-state index in [2.05, 4.69) is 0 Å². The van der Waals surface area contributed by atoms with Crippen LogP contribution in [0.25, 0.3) is 0 Å². The summed E-state index contributed by atoms with van der Waals surface area (Å²) in [6.07, 6.45) is 0. The molecule has 10 heteroatoms. The first kappa shape index (κ1) is 22.5. The first-order chi connectivity index (χ1) is 3.41. The van der Waals surface area contributed by atoms with Crippen LogP contribution in [0.3, 0.4) is 0 Å². The molecule has 7 nitrogen and oxygen atoms in total. The number of rotatable bonds is 0. The Bertz CT molecular complexity index is 85.5. The van der Waals surface area contributed by atoms with Crippen LogP contribution in [0.5, 0.6) is 0 Å². The summed E-state index contributed by atoms with van der Waals surface area (Å²) in [5.41, 5.74) is 0. The third kappa shape index (κ3) is 342. The molecule has 0 saturated carbocycles. The van der Waals surface area contributed by atoms with Crippen LogP contribution in [0.15, 0.2) is 0 Å². The Labute approximate surface area is 87.9 Å². The molecule has 58 valence electrons. The average molecular weight is 219 g/mol. The Morgan fingerprint density at radius 1 is 1.40 bits per heavy atom. The van der Waals surface area contributed by atoms with E-state index in [4.69, 9.17) is 28.7 Å². The second-order valence-electron chi connectivity index (χ2n) is 0.560. The van der Waals surface area contributed by atoms with Crippen LogP contribution in [-0.2, 0) is 9.13 Å². The van der Waals surface area contributed by atoms with Gasteiger partial charge in [-0.15, -0.1) is 0 Å². The minimum Gasteiger partial charge on any atom is -0.790 e. The van der Waals surface area contributed by atoms with Gasteiger partial charge in [0.1, 0.15) is 0 Å². The molecule has 0 aromatic heterocycles. The van der Waals surface area contributed by atoms with Crippen molar-refractivity contribution in [3.05, 3.63) is 0 Å². The molecule has 0 radical (unpaired) electrons. The second-order valence-corrected chi connectivity index (χ2v) is 1.68.